The van der Waals surface area contributed by atoms with Gasteiger partial charge in [0.25, 0.3) is 0 Å². The molecular formula is C36H42ClN2O5+. The van der Waals surface area contributed by atoms with E-state index in [9.17, 15) is 14.7 Å². The van der Waals surface area contributed by atoms with Crippen molar-refractivity contribution in [3.63, 3.8) is 0 Å². The molecular weight excluding hydrogens is 576 g/mol. The second-order valence-electron chi connectivity index (χ2n) is 12.2. The Bertz CT molecular complexity index is 1590. The van der Waals surface area contributed by atoms with Crippen LogP contribution < -0.4 is 10.5 Å². The van der Waals surface area contributed by atoms with Crippen LogP contribution in [-0.2, 0) is 20.4 Å². The number of nitrogens with two attached hydrogens (primary N) is 1. The van der Waals surface area contributed by atoms with Gasteiger partial charge in [-0.2, -0.15) is 4.58 Å². The fraction of sp³-hybridized carbons (Fsp3) is 0.361. The first-order chi connectivity index (χ1) is 20.9. The molecule has 2 heterocycles. The number of allylic oxidation sites excluding steroid dienone is 8. The largest absolute Gasteiger partial charge is 0.481 e. The Morgan fingerprint density at radius 3 is 2.20 bits per heavy atom. The summed E-state index contributed by atoms with van der Waals surface area (Å²) in [6.07, 6.45) is 11.5. The lowest BCUT2D eigenvalue weighted by Gasteiger charge is -2.19. The topological polar surface area (TPSA) is 113 Å². The first kappa shape index (κ1) is 33.0. The molecule has 0 spiro atoms. The Kier molecular flexibility index (Phi) is 10.3. The van der Waals surface area contributed by atoms with E-state index in [-0.39, 0.29) is 30.2 Å². The molecule has 0 unspecified atom stereocenters. The molecule has 232 valence electrons. The molecule has 0 saturated carbocycles. The summed E-state index contributed by atoms with van der Waals surface area (Å²) in [6.45, 7) is 9.42. The molecule has 2 aliphatic heterocycles. The van der Waals surface area contributed by atoms with Gasteiger partial charge in [-0.25, -0.2) is 0 Å². The first-order valence-corrected chi connectivity index (χ1v) is 15.4. The number of carboxylic acids is 2. The number of aliphatic carboxylic acids is 2. The summed E-state index contributed by atoms with van der Waals surface area (Å²) in [6, 6.07) is 16.5. The zero-order valence-corrected chi connectivity index (χ0v) is 26.7. The summed E-state index contributed by atoms with van der Waals surface area (Å²) < 4.78 is 8.34. The Labute approximate surface area is 264 Å². The zero-order valence-electron chi connectivity index (χ0n) is 25.9. The molecule has 0 radical (unpaired) electrons. The second-order valence-corrected chi connectivity index (χ2v) is 12.6. The van der Waals surface area contributed by atoms with Crippen LogP contribution in [0, 0.1) is 0 Å². The van der Waals surface area contributed by atoms with Crippen molar-refractivity contribution in [1.82, 2.24) is 0 Å². The van der Waals surface area contributed by atoms with Gasteiger partial charge in [0.15, 0.2) is 12.3 Å². The smallest absolute Gasteiger partial charge is 0.309 e. The van der Waals surface area contributed by atoms with Gasteiger partial charge in [0.2, 0.25) is 5.69 Å². The minimum absolute atomic E-state index is 0.0694. The van der Waals surface area contributed by atoms with Gasteiger partial charge < -0.3 is 20.7 Å². The molecule has 0 saturated heterocycles. The third kappa shape index (κ3) is 7.06. The van der Waals surface area contributed by atoms with Crippen LogP contribution >= 0.6 is 11.6 Å². The van der Waals surface area contributed by atoms with Gasteiger partial charge in [0.1, 0.15) is 17.9 Å². The van der Waals surface area contributed by atoms with Gasteiger partial charge >= 0.3 is 11.9 Å². The third-order valence-corrected chi connectivity index (χ3v) is 8.92. The number of ether oxygens (including phenoxy) is 1. The van der Waals surface area contributed by atoms with E-state index in [4.69, 9.17) is 27.2 Å². The monoisotopic (exact) mass is 617 g/mol. The molecule has 1 aliphatic carbocycles. The predicted molar refractivity (Wildman–Crippen MR) is 175 cm³/mol. The van der Waals surface area contributed by atoms with Crippen molar-refractivity contribution in [2.24, 2.45) is 5.73 Å². The highest BCUT2D eigenvalue weighted by Crippen LogP contribution is 2.45. The summed E-state index contributed by atoms with van der Waals surface area (Å²) in [5, 5.41) is 18.0. The second kappa shape index (κ2) is 13.8. The van der Waals surface area contributed by atoms with Gasteiger partial charge in [0, 0.05) is 34.8 Å². The van der Waals surface area contributed by atoms with Crippen molar-refractivity contribution >= 4 is 34.9 Å². The summed E-state index contributed by atoms with van der Waals surface area (Å²) in [5.41, 5.74) is 11.2. The van der Waals surface area contributed by atoms with Crippen LogP contribution in [-0.4, -0.2) is 45.5 Å². The molecule has 8 heteroatoms. The summed E-state index contributed by atoms with van der Waals surface area (Å²) >= 11 is 6.97. The van der Waals surface area contributed by atoms with E-state index in [1.165, 1.54) is 11.1 Å². The third-order valence-electron chi connectivity index (χ3n) is 8.44. The maximum atomic E-state index is 11.4. The maximum absolute atomic E-state index is 11.4. The minimum Gasteiger partial charge on any atom is -0.481 e. The lowest BCUT2D eigenvalue weighted by Crippen LogP contribution is -2.28. The number of hydrogen-bond donors (Lipinski definition) is 3. The summed E-state index contributed by atoms with van der Waals surface area (Å²) in [5.74, 6) is 0.210. The molecule has 0 bridgehead atoms. The Hall–Kier alpha value is -3.94. The van der Waals surface area contributed by atoms with Crippen LogP contribution in [0.25, 0.3) is 0 Å². The lowest BCUT2D eigenvalue weighted by molar-refractivity contribution is -0.436. The highest BCUT2D eigenvalue weighted by Gasteiger charge is 2.44. The Morgan fingerprint density at radius 2 is 1.57 bits per heavy atom. The normalized spacial score (nSPS) is 20.0. The molecule has 4 N–H and O–H groups in total. The number of nitrogens with zero attached hydrogens (tertiary/aromatic N) is 1. The number of rotatable bonds is 8. The van der Waals surface area contributed by atoms with Crippen LogP contribution in [0.4, 0.5) is 5.69 Å². The van der Waals surface area contributed by atoms with E-state index in [2.05, 4.69) is 80.8 Å². The molecule has 0 atom stereocenters. The van der Waals surface area contributed by atoms with Gasteiger partial charge in [-0.05, 0) is 70.2 Å². The molecule has 2 aromatic rings. The first-order valence-electron chi connectivity index (χ1n) is 15.0. The quantitative estimate of drug-likeness (QED) is 0.267. The van der Waals surface area contributed by atoms with Crippen molar-refractivity contribution in [2.45, 2.75) is 70.6 Å². The van der Waals surface area contributed by atoms with Gasteiger partial charge in [-0.1, -0.05) is 60.2 Å². The Morgan fingerprint density at radius 1 is 0.909 bits per heavy atom. The number of carbonyl (C=O) groups is 2. The number of halogens is 1. The highest BCUT2D eigenvalue weighted by molar-refractivity contribution is 6.32. The zero-order chi connectivity index (χ0) is 32.1. The van der Waals surface area contributed by atoms with Crippen LogP contribution in [0.2, 0.25) is 0 Å². The van der Waals surface area contributed by atoms with Crippen molar-refractivity contribution in [2.75, 3.05) is 13.1 Å². The number of fused-ring (bicyclic) bond motifs is 2. The fourth-order valence-corrected chi connectivity index (χ4v) is 6.28. The molecule has 44 heavy (non-hydrogen) atoms. The van der Waals surface area contributed by atoms with Crippen molar-refractivity contribution in [1.29, 1.82) is 0 Å². The predicted octanol–water partition coefficient (Wildman–Crippen LogP) is 7.37. The molecule has 0 fully saturated rings. The van der Waals surface area contributed by atoms with E-state index >= 15 is 0 Å². The van der Waals surface area contributed by atoms with Crippen molar-refractivity contribution in [3.8, 4) is 5.75 Å². The molecule has 0 aromatic heterocycles. The lowest BCUT2D eigenvalue weighted by atomic mass is 9.81. The number of hydrogen-bond acceptors (Lipinski definition) is 4. The van der Waals surface area contributed by atoms with E-state index in [0.29, 0.717) is 6.54 Å². The average Bonchev–Trinajstić information content (AvgIpc) is 3.36. The van der Waals surface area contributed by atoms with E-state index in [0.717, 1.165) is 58.3 Å². The molecule has 2 aromatic carbocycles. The van der Waals surface area contributed by atoms with Crippen LogP contribution in [0.1, 0.15) is 70.9 Å². The molecule has 3 aliphatic rings. The van der Waals surface area contributed by atoms with Crippen molar-refractivity contribution in [3.05, 3.63) is 106 Å². The molecule has 0 amide bonds. The number of carboxylic acid groups (broad SMARTS) is 2. The summed E-state index contributed by atoms with van der Waals surface area (Å²) in [7, 11) is 0. The van der Waals surface area contributed by atoms with Crippen molar-refractivity contribution < 1.29 is 29.1 Å². The van der Waals surface area contributed by atoms with Crippen LogP contribution in [0.3, 0.4) is 0 Å². The van der Waals surface area contributed by atoms with E-state index < -0.39 is 11.9 Å². The van der Waals surface area contributed by atoms with Crippen LogP contribution in [0.5, 0.6) is 5.75 Å². The number of para-hydroxylation sites is 2. The van der Waals surface area contributed by atoms with E-state index in [1.54, 1.807) is 0 Å². The minimum atomic E-state index is -0.836. The number of benzene rings is 2. The molecule has 7 nitrogen and oxygen atoms in total. The molecule has 5 rings (SSSR count). The van der Waals surface area contributed by atoms with Gasteiger partial charge in [-0.3, -0.25) is 9.59 Å². The van der Waals surface area contributed by atoms with Gasteiger partial charge in [-0.15, -0.1) is 0 Å². The standard InChI is InChI=1S/C33H34ClNO3.C3H7NO2/c1-32(2)24-12-5-7-14-26(24)35(21-20-30(36)37)28(32)18-16-22-10-9-11-23(31(22)34)17-19-29-33(3,4)25-13-6-8-15-27(25)38-29;4-2-1-3(5)6/h5-8,12-19H,9-11,20-21H2,1-4H3;1-2,4H2,(H,5,6)/p+1/b18-16+,23-17+,29-19+;. The van der Waals surface area contributed by atoms with E-state index in [1.807, 2.05) is 24.3 Å². The van der Waals surface area contributed by atoms with Crippen LogP contribution in [0.15, 0.2) is 94.8 Å². The summed E-state index contributed by atoms with van der Waals surface area (Å²) in [4.78, 5) is 20.9. The SMILES string of the molecule is CC1(C)C(/C=C/C2=C(Cl)C(=C/C=C3/Oc4ccccc4C3(C)C)/CCC2)=[N+](CCC(=O)O)c2ccccc21.NCCC(=O)O. The highest BCUT2D eigenvalue weighted by atomic mass is 35.5. The maximum Gasteiger partial charge on any atom is 0.309 e. The average molecular weight is 618 g/mol. The van der Waals surface area contributed by atoms with Gasteiger partial charge in [0.05, 0.1) is 17.3 Å². The fourth-order valence-electron chi connectivity index (χ4n) is 5.97. The Balaban J connectivity index is 0.000000670.